The summed E-state index contributed by atoms with van der Waals surface area (Å²) in [5.74, 6) is 0. The van der Waals surface area contributed by atoms with Gasteiger partial charge in [0.05, 0.1) is 16.9 Å². The van der Waals surface area contributed by atoms with E-state index in [0.717, 1.165) is 16.8 Å². The summed E-state index contributed by atoms with van der Waals surface area (Å²) in [6, 6.07) is 13.5. The molecular formula is C19H21N3O2S. The van der Waals surface area contributed by atoms with Crippen LogP contribution in [0.15, 0.2) is 59.9 Å². The molecule has 0 saturated carbocycles. The van der Waals surface area contributed by atoms with Gasteiger partial charge in [-0.3, -0.25) is 0 Å². The highest BCUT2D eigenvalue weighted by atomic mass is 32.2. The molecule has 0 aliphatic carbocycles. The Morgan fingerprint density at radius 3 is 2.60 bits per heavy atom. The molecule has 0 aliphatic rings. The molecule has 5 nitrogen and oxygen atoms in total. The number of nitrogens with zero attached hydrogens (tertiary/aromatic N) is 2. The van der Waals surface area contributed by atoms with Crippen molar-refractivity contribution in [1.29, 1.82) is 0 Å². The third-order valence-electron chi connectivity index (χ3n) is 4.12. The molecule has 0 aliphatic heterocycles. The van der Waals surface area contributed by atoms with E-state index in [2.05, 4.69) is 34.8 Å². The molecule has 0 saturated heterocycles. The van der Waals surface area contributed by atoms with Crippen LogP contribution in [-0.2, 0) is 23.5 Å². The SMILES string of the molecule is CNS(=O)(=O)c1ccc(Cc2cccc(C)c2)c(-c2cn(C)cn2)c1. The van der Waals surface area contributed by atoms with Gasteiger partial charge in [0.2, 0.25) is 10.0 Å². The predicted molar refractivity (Wildman–Crippen MR) is 98.9 cm³/mol. The molecule has 0 atom stereocenters. The second-order valence-corrected chi connectivity index (χ2v) is 8.00. The highest BCUT2D eigenvalue weighted by Crippen LogP contribution is 2.27. The standard InChI is InChI=1S/C19H21N3O2S/c1-14-5-4-6-15(9-14)10-16-7-8-17(25(23,24)20-2)11-18(16)19-12-22(3)13-21-19/h4-9,11-13,20H,10H2,1-3H3. The number of aromatic nitrogens is 2. The van der Waals surface area contributed by atoms with Crippen LogP contribution in [-0.4, -0.2) is 25.0 Å². The number of imidazole rings is 1. The van der Waals surface area contributed by atoms with Gasteiger partial charge in [0.1, 0.15) is 0 Å². The first-order chi connectivity index (χ1) is 11.9. The van der Waals surface area contributed by atoms with Crippen molar-refractivity contribution in [1.82, 2.24) is 14.3 Å². The van der Waals surface area contributed by atoms with Crippen molar-refractivity contribution in [2.24, 2.45) is 7.05 Å². The van der Waals surface area contributed by atoms with E-state index in [1.807, 2.05) is 29.9 Å². The molecule has 0 unspecified atom stereocenters. The summed E-state index contributed by atoms with van der Waals surface area (Å²) >= 11 is 0. The molecule has 25 heavy (non-hydrogen) atoms. The monoisotopic (exact) mass is 355 g/mol. The second kappa shape index (κ2) is 6.82. The van der Waals surface area contributed by atoms with Crippen molar-refractivity contribution in [3.05, 3.63) is 71.7 Å². The van der Waals surface area contributed by atoms with Crippen LogP contribution in [0.2, 0.25) is 0 Å². The van der Waals surface area contributed by atoms with Crippen molar-refractivity contribution >= 4 is 10.0 Å². The Morgan fingerprint density at radius 2 is 1.96 bits per heavy atom. The third-order valence-corrected chi connectivity index (χ3v) is 5.53. The molecule has 0 spiro atoms. The van der Waals surface area contributed by atoms with Crippen LogP contribution in [0, 0.1) is 6.92 Å². The van der Waals surface area contributed by atoms with Crippen LogP contribution >= 0.6 is 0 Å². The Bertz CT molecular complexity index is 1010. The lowest BCUT2D eigenvalue weighted by Crippen LogP contribution is -2.18. The number of sulfonamides is 1. The molecule has 2 aromatic carbocycles. The van der Waals surface area contributed by atoms with Gasteiger partial charge in [0.25, 0.3) is 0 Å². The third kappa shape index (κ3) is 3.81. The molecule has 0 amide bonds. The molecule has 0 radical (unpaired) electrons. The van der Waals surface area contributed by atoms with Gasteiger partial charge in [-0.05, 0) is 43.7 Å². The lowest BCUT2D eigenvalue weighted by atomic mass is 9.97. The molecule has 3 aromatic rings. The quantitative estimate of drug-likeness (QED) is 0.765. The normalized spacial score (nSPS) is 11.6. The topological polar surface area (TPSA) is 64.0 Å². The van der Waals surface area contributed by atoms with E-state index in [1.165, 1.54) is 18.2 Å². The Morgan fingerprint density at radius 1 is 1.16 bits per heavy atom. The van der Waals surface area contributed by atoms with E-state index in [9.17, 15) is 8.42 Å². The Hall–Kier alpha value is -2.44. The van der Waals surface area contributed by atoms with Gasteiger partial charge in [-0.2, -0.15) is 0 Å². The zero-order chi connectivity index (χ0) is 18.0. The van der Waals surface area contributed by atoms with E-state index >= 15 is 0 Å². The fourth-order valence-electron chi connectivity index (χ4n) is 2.83. The summed E-state index contributed by atoms with van der Waals surface area (Å²) < 4.78 is 28.6. The highest BCUT2D eigenvalue weighted by Gasteiger charge is 2.16. The fourth-order valence-corrected chi connectivity index (χ4v) is 3.58. The minimum atomic E-state index is -3.50. The molecule has 1 aromatic heterocycles. The summed E-state index contributed by atoms with van der Waals surface area (Å²) in [5.41, 5.74) is 5.02. The summed E-state index contributed by atoms with van der Waals surface area (Å²) in [6.07, 6.45) is 4.32. The van der Waals surface area contributed by atoms with Crippen LogP contribution in [0.4, 0.5) is 0 Å². The average molecular weight is 355 g/mol. The number of rotatable bonds is 5. The highest BCUT2D eigenvalue weighted by molar-refractivity contribution is 7.89. The van der Waals surface area contributed by atoms with Crippen molar-refractivity contribution < 1.29 is 8.42 Å². The molecule has 130 valence electrons. The number of hydrogen-bond acceptors (Lipinski definition) is 3. The van der Waals surface area contributed by atoms with Crippen molar-refractivity contribution in [2.75, 3.05) is 7.05 Å². The average Bonchev–Trinajstić information content (AvgIpc) is 3.01. The van der Waals surface area contributed by atoms with Crippen LogP contribution in [0.5, 0.6) is 0 Å². The van der Waals surface area contributed by atoms with Crippen LogP contribution in [0.25, 0.3) is 11.3 Å². The van der Waals surface area contributed by atoms with Crippen molar-refractivity contribution in [2.45, 2.75) is 18.2 Å². The largest absolute Gasteiger partial charge is 0.340 e. The van der Waals surface area contributed by atoms with Gasteiger partial charge in [-0.15, -0.1) is 0 Å². The molecule has 0 fully saturated rings. The van der Waals surface area contributed by atoms with E-state index in [4.69, 9.17) is 0 Å². The molecule has 1 N–H and O–H groups in total. The molecule has 1 heterocycles. The van der Waals surface area contributed by atoms with Gasteiger partial charge in [0.15, 0.2) is 0 Å². The molecular weight excluding hydrogens is 334 g/mol. The van der Waals surface area contributed by atoms with Crippen LogP contribution in [0.3, 0.4) is 0 Å². The first-order valence-corrected chi connectivity index (χ1v) is 9.48. The van der Waals surface area contributed by atoms with Gasteiger partial charge in [-0.1, -0.05) is 35.9 Å². The van der Waals surface area contributed by atoms with Crippen molar-refractivity contribution in [3.63, 3.8) is 0 Å². The van der Waals surface area contributed by atoms with Gasteiger partial charge < -0.3 is 4.57 Å². The second-order valence-electron chi connectivity index (χ2n) is 6.12. The van der Waals surface area contributed by atoms with E-state index < -0.39 is 10.0 Å². The lowest BCUT2D eigenvalue weighted by molar-refractivity contribution is 0.588. The first kappa shape index (κ1) is 17.4. The summed E-state index contributed by atoms with van der Waals surface area (Å²) in [5, 5.41) is 0. The molecule has 6 heteroatoms. The number of aryl methyl sites for hydroxylation is 2. The minimum Gasteiger partial charge on any atom is -0.340 e. The maximum Gasteiger partial charge on any atom is 0.240 e. The van der Waals surface area contributed by atoms with E-state index in [1.54, 1.807) is 18.5 Å². The van der Waals surface area contributed by atoms with Gasteiger partial charge >= 0.3 is 0 Å². The van der Waals surface area contributed by atoms with E-state index in [0.29, 0.717) is 6.42 Å². The Kier molecular flexibility index (Phi) is 4.74. The maximum atomic E-state index is 12.2. The minimum absolute atomic E-state index is 0.239. The zero-order valence-corrected chi connectivity index (χ0v) is 15.3. The van der Waals surface area contributed by atoms with Gasteiger partial charge in [0, 0.05) is 18.8 Å². The maximum absolute atomic E-state index is 12.2. The zero-order valence-electron chi connectivity index (χ0n) is 14.5. The number of nitrogens with one attached hydrogen (secondary N) is 1. The summed E-state index contributed by atoms with van der Waals surface area (Å²) in [4.78, 5) is 4.64. The lowest BCUT2D eigenvalue weighted by Gasteiger charge is -2.11. The predicted octanol–water partition coefficient (Wildman–Crippen LogP) is 2.89. The van der Waals surface area contributed by atoms with Crippen LogP contribution in [0.1, 0.15) is 16.7 Å². The number of benzene rings is 2. The fraction of sp³-hybridized carbons (Fsp3) is 0.211. The smallest absolute Gasteiger partial charge is 0.240 e. The van der Waals surface area contributed by atoms with Crippen molar-refractivity contribution in [3.8, 4) is 11.3 Å². The summed E-state index contributed by atoms with van der Waals surface area (Å²) in [7, 11) is -0.196. The summed E-state index contributed by atoms with van der Waals surface area (Å²) in [6.45, 7) is 2.06. The molecule has 3 rings (SSSR count). The molecule has 0 bridgehead atoms. The first-order valence-electron chi connectivity index (χ1n) is 7.99. The Labute approximate surface area is 148 Å². The van der Waals surface area contributed by atoms with Gasteiger partial charge in [-0.25, -0.2) is 18.1 Å². The van der Waals surface area contributed by atoms with E-state index in [-0.39, 0.29) is 4.90 Å². The number of hydrogen-bond donors (Lipinski definition) is 1. The Balaban J connectivity index is 2.11. The van der Waals surface area contributed by atoms with Crippen LogP contribution < -0.4 is 4.72 Å².